The minimum absolute atomic E-state index is 0.0789. The lowest BCUT2D eigenvalue weighted by atomic mass is 10.1. The number of aliphatic hydroxyl groups is 2. The van der Waals surface area contributed by atoms with Crippen LogP contribution in [-0.2, 0) is 6.54 Å². The fourth-order valence-electron chi connectivity index (χ4n) is 2.09. The van der Waals surface area contributed by atoms with Crippen LogP contribution in [0, 0.1) is 6.92 Å². The van der Waals surface area contributed by atoms with Gasteiger partial charge in [-0.05, 0) is 20.0 Å². The third-order valence-corrected chi connectivity index (χ3v) is 3.33. The van der Waals surface area contributed by atoms with Gasteiger partial charge in [0.15, 0.2) is 0 Å². The first-order valence-electron chi connectivity index (χ1n) is 6.21. The zero-order chi connectivity index (χ0) is 14.4. The predicted octanol–water partition coefficient (Wildman–Crippen LogP) is 0.797. The second-order valence-corrected chi connectivity index (χ2v) is 4.52. The van der Waals surface area contributed by atoms with Crippen LogP contribution < -0.4 is 9.47 Å². The molecule has 0 saturated heterocycles. The minimum atomic E-state index is -0.271. The molecule has 19 heavy (non-hydrogen) atoms. The van der Waals surface area contributed by atoms with Crippen molar-refractivity contribution in [2.45, 2.75) is 19.5 Å². The van der Waals surface area contributed by atoms with E-state index in [4.69, 9.17) is 9.47 Å². The molecule has 0 radical (unpaired) electrons. The molecule has 1 rings (SSSR count). The highest BCUT2D eigenvalue weighted by Gasteiger charge is 2.17. The van der Waals surface area contributed by atoms with E-state index in [-0.39, 0.29) is 19.3 Å². The van der Waals surface area contributed by atoms with Crippen molar-refractivity contribution in [3.63, 3.8) is 0 Å². The van der Waals surface area contributed by atoms with Crippen LogP contribution in [0.25, 0.3) is 0 Å². The Morgan fingerprint density at radius 1 is 1.16 bits per heavy atom. The molecule has 0 aliphatic rings. The number of ether oxygens (including phenoxy) is 2. The highest BCUT2D eigenvalue weighted by molar-refractivity contribution is 5.49. The molecule has 0 aliphatic heterocycles. The van der Waals surface area contributed by atoms with Gasteiger partial charge in [-0.3, -0.25) is 4.90 Å². The summed E-state index contributed by atoms with van der Waals surface area (Å²) in [5.41, 5.74) is 1.94. The van der Waals surface area contributed by atoms with Crippen LogP contribution >= 0.6 is 0 Å². The van der Waals surface area contributed by atoms with Crippen molar-refractivity contribution in [2.24, 2.45) is 0 Å². The lowest BCUT2D eigenvalue weighted by molar-refractivity contribution is 0.0868. The van der Waals surface area contributed by atoms with Crippen molar-refractivity contribution in [3.05, 3.63) is 23.3 Å². The molecular weight excluding hydrogens is 246 g/mol. The number of rotatable bonds is 7. The first-order chi connectivity index (χ1) is 9.08. The summed E-state index contributed by atoms with van der Waals surface area (Å²) in [5, 5.41) is 18.4. The summed E-state index contributed by atoms with van der Waals surface area (Å²) in [6.07, 6.45) is 0. The highest BCUT2D eigenvalue weighted by atomic mass is 16.5. The Balaban J connectivity index is 2.98. The van der Waals surface area contributed by atoms with E-state index >= 15 is 0 Å². The van der Waals surface area contributed by atoms with Gasteiger partial charge in [-0.25, -0.2) is 0 Å². The summed E-state index contributed by atoms with van der Waals surface area (Å²) in [5.74, 6) is 1.56. The van der Waals surface area contributed by atoms with E-state index in [1.54, 1.807) is 14.2 Å². The van der Waals surface area contributed by atoms with Gasteiger partial charge in [-0.2, -0.15) is 0 Å². The Hall–Kier alpha value is -1.30. The number of methoxy groups -OCH3 is 2. The van der Waals surface area contributed by atoms with Crippen LogP contribution in [0.15, 0.2) is 12.1 Å². The Labute approximate surface area is 114 Å². The summed E-state index contributed by atoms with van der Waals surface area (Å²) < 4.78 is 10.7. The largest absolute Gasteiger partial charge is 0.496 e. The quantitative estimate of drug-likeness (QED) is 0.766. The number of hydrogen-bond acceptors (Lipinski definition) is 5. The first-order valence-corrected chi connectivity index (χ1v) is 6.21. The summed E-state index contributed by atoms with van der Waals surface area (Å²) in [6, 6.07) is 3.56. The molecule has 0 unspecified atom stereocenters. The molecule has 1 aromatic rings. The Morgan fingerprint density at radius 3 is 2.26 bits per heavy atom. The predicted molar refractivity (Wildman–Crippen MR) is 73.7 cm³/mol. The Bertz CT molecular complexity index is 405. The highest BCUT2D eigenvalue weighted by Crippen LogP contribution is 2.32. The van der Waals surface area contributed by atoms with Gasteiger partial charge in [0.25, 0.3) is 0 Å². The number of nitrogens with zero attached hydrogens (tertiary/aromatic N) is 1. The van der Waals surface area contributed by atoms with Gasteiger partial charge in [-0.15, -0.1) is 0 Å². The van der Waals surface area contributed by atoms with Crippen LogP contribution in [0.1, 0.15) is 11.1 Å². The van der Waals surface area contributed by atoms with Crippen molar-refractivity contribution in [3.8, 4) is 11.5 Å². The third kappa shape index (κ3) is 3.59. The van der Waals surface area contributed by atoms with Gasteiger partial charge in [0.2, 0.25) is 0 Å². The summed E-state index contributed by atoms with van der Waals surface area (Å²) in [4.78, 5) is 1.89. The summed E-state index contributed by atoms with van der Waals surface area (Å²) in [7, 11) is 5.11. The van der Waals surface area contributed by atoms with Crippen molar-refractivity contribution < 1.29 is 19.7 Å². The molecule has 0 spiro atoms. The van der Waals surface area contributed by atoms with E-state index in [9.17, 15) is 10.2 Å². The lowest BCUT2D eigenvalue weighted by Crippen LogP contribution is -2.37. The molecule has 2 N–H and O–H groups in total. The monoisotopic (exact) mass is 269 g/mol. The van der Waals surface area contributed by atoms with E-state index in [1.165, 1.54) is 0 Å². The SMILES string of the molecule is COc1ccc(CN(C)C(CO)CO)c(OC)c1C. The minimum Gasteiger partial charge on any atom is -0.496 e. The zero-order valence-corrected chi connectivity index (χ0v) is 12.0. The number of aliphatic hydroxyl groups excluding tert-OH is 2. The fourth-order valence-corrected chi connectivity index (χ4v) is 2.09. The van der Waals surface area contributed by atoms with Gasteiger partial charge < -0.3 is 19.7 Å². The fraction of sp³-hybridized carbons (Fsp3) is 0.571. The number of hydrogen-bond donors (Lipinski definition) is 2. The molecule has 1 aromatic carbocycles. The van der Waals surface area contributed by atoms with E-state index in [2.05, 4.69) is 0 Å². The van der Waals surface area contributed by atoms with E-state index < -0.39 is 0 Å². The van der Waals surface area contributed by atoms with Crippen LogP contribution in [-0.4, -0.2) is 55.6 Å². The number of benzene rings is 1. The Morgan fingerprint density at radius 2 is 1.79 bits per heavy atom. The van der Waals surface area contributed by atoms with Gasteiger partial charge in [0, 0.05) is 17.7 Å². The molecule has 0 saturated carbocycles. The van der Waals surface area contributed by atoms with Crippen LogP contribution in [0.3, 0.4) is 0 Å². The van der Waals surface area contributed by atoms with Gasteiger partial charge in [0.1, 0.15) is 11.5 Å². The second kappa shape index (κ2) is 7.33. The van der Waals surface area contributed by atoms with Crippen molar-refractivity contribution >= 4 is 0 Å². The molecule has 5 heteroatoms. The maximum Gasteiger partial charge on any atom is 0.129 e. The normalized spacial score (nSPS) is 11.2. The standard InChI is InChI=1S/C14H23NO4/c1-10-13(18-3)6-5-11(14(10)19-4)7-15(2)12(8-16)9-17/h5-6,12,16-17H,7-9H2,1-4H3. The maximum absolute atomic E-state index is 9.18. The third-order valence-electron chi connectivity index (χ3n) is 3.33. The van der Waals surface area contributed by atoms with Gasteiger partial charge in [0.05, 0.1) is 33.5 Å². The molecule has 0 amide bonds. The van der Waals surface area contributed by atoms with E-state index in [1.807, 2.05) is 31.0 Å². The molecule has 0 aliphatic carbocycles. The van der Waals surface area contributed by atoms with Gasteiger partial charge in [-0.1, -0.05) is 6.07 Å². The van der Waals surface area contributed by atoms with E-state index in [0.29, 0.717) is 6.54 Å². The lowest BCUT2D eigenvalue weighted by Gasteiger charge is -2.26. The van der Waals surface area contributed by atoms with Crippen LogP contribution in [0.2, 0.25) is 0 Å². The van der Waals surface area contributed by atoms with Crippen molar-refractivity contribution in [1.82, 2.24) is 4.90 Å². The zero-order valence-electron chi connectivity index (χ0n) is 12.0. The van der Waals surface area contributed by atoms with Crippen molar-refractivity contribution in [1.29, 1.82) is 0 Å². The molecule has 0 atom stereocenters. The maximum atomic E-state index is 9.18. The molecule has 0 fully saturated rings. The molecule has 108 valence electrons. The average molecular weight is 269 g/mol. The Kier molecular flexibility index (Phi) is 6.08. The topological polar surface area (TPSA) is 62.2 Å². The number of likely N-dealkylation sites (N-methyl/N-ethyl adjacent to an activating group) is 1. The van der Waals surface area contributed by atoms with Crippen molar-refractivity contribution in [2.75, 3.05) is 34.5 Å². The van der Waals surface area contributed by atoms with Crippen LogP contribution in [0.5, 0.6) is 11.5 Å². The molecular formula is C14H23NO4. The smallest absolute Gasteiger partial charge is 0.129 e. The summed E-state index contributed by atoms with van der Waals surface area (Å²) >= 11 is 0. The molecule has 0 bridgehead atoms. The molecule has 0 aromatic heterocycles. The first kappa shape index (κ1) is 15.8. The molecule has 0 heterocycles. The van der Waals surface area contributed by atoms with Gasteiger partial charge >= 0.3 is 0 Å². The van der Waals surface area contributed by atoms with E-state index in [0.717, 1.165) is 22.6 Å². The summed E-state index contributed by atoms with van der Waals surface area (Å²) in [6.45, 7) is 2.37. The second-order valence-electron chi connectivity index (χ2n) is 4.52. The molecule has 5 nitrogen and oxygen atoms in total. The average Bonchev–Trinajstić information content (AvgIpc) is 2.40. The van der Waals surface area contributed by atoms with Crippen LogP contribution in [0.4, 0.5) is 0 Å².